The van der Waals surface area contributed by atoms with Gasteiger partial charge in [0.2, 0.25) is 0 Å². The molecule has 1 atom stereocenters. The molecule has 0 nitrogen and oxygen atoms in total. The fourth-order valence-corrected chi connectivity index (χ4v) is 10.1. The standard InChI is InChI=1S/C11H17ClSeSi/c1-3-4-10-13-14(2,12)11-8-6-5-7-9-11/h5-9H,3-4,10H2,1-2H3. The SMILES string of the molecule is CCCC[Se][Si](C)(Cl)c1ccccc1. The predicted molar refractivity (Wildman–Crippen MR) is 69.0 cm³/mol. The van der Waals surface area contributed by atoms with Crippen molar-refractivity contribution in [1.29, 1.82) is 0 Å². The van der Waals surface area contributed by atoms with E-state index in [1.165, 1.54) is 23.3 Å². The van der Waals surface area contributed by atoms with E-state index >= 15 is 0 Å². The molecule has 0 aliphatic carbocycles. The molecule has 3 heteroatoms. The Morgan fingerprint density at radius 1 is 1.29 bits per heavy atom. The van der Waals surface area contributed by atoms with Gasteiger partial charge >= 0.3 is 98.5 Å². The number of rotatable bonds is 5. The van der Waals surface area contributed by atoms with Gasteiger partial charge in [-0.3, -0.25) is 0 Å². The van der Waals surface area contributed by atoms with E-state index in [0.29, 0.717) is 14.3 Å². The van der Waals surface area contributed by atoms with E-state index in [1.54, 1.807) is 0 Å². The van der Waals surface area contributed by atoms with Crippen molar-refractivity contribution in [1.82, 2.24) is 0 Å². The summed E-state index contributed by atoms with van der Waals surface area (Å²) in [6.45, 7) is 4.52. The minimum absolute atomic E-state index is 0.631. The number of unbranched alkanes of at least 4 members (excludes halogenated alkanes) is 1. The summed E-state index contributed by atoms with van der Waals surface area (Å²) in [4.78, 5) is 0. The third kappa shape index (κ3) is 3.78. The van der Waals surface area contributed by atoms with Crippen LogP contribution in [0.2, 0.25) is 11.9 Å². The summed E-state index contributed by atoms with van der Waals surface area (Å²) in [7, 11) is 0. The second-order valence-corrected chi connectivity index (χ2v) is 17.8. The zero-order valence-corrected chi connectivity index (χ0v) is 12.3. The Kier molecular flexibility index (Phi) is 5.25. The molecule has 14 heavy (non-hydrogen) atoms. The topological polar surface area (TPSA) is 0 Å². The maximum atomic E-state index is 6.66. The van der Waals surface area contributed by atoms with Crippen LogP contribution < -0.4 is 5.19 Å². The predicted octanol–water partition coefficient (Wildman–Crippen LogP) is 3.13. The van der Waals surface area contributed by atoms with Crippen LogP contribution in [0.3, 0.4) is 0 Å². The fraction of sp³-hybridized carbons (Fsp3) is 0.455. The molecule has 0 radical (unpaired) electrons. The van der Waals surface area contributed by atoms with Crippen LogP contribution in [-0.4, -0.2) is 20.3 Å². The summed E-state index contributed by atoms with van der Waals surface area (Å²) >= 11 is 7.29. The van der Waals surface area contributed by atoms with E-state index < -0.39 is 5.99 Å². The summed E-state index contributed by atoms with van der Waals surface area (Å²) in [5.41, 5.74) is 0. The molecule has 78 valence electrons. The quantitative estimate of drug-likeness (QED) is 0.444. The molecule has 0 saturated heterocycles. The zero-order valence-electron chi connectivity index (χ0n) is 8.79. The monoisotopic (exact) mass is 292 g/mol. The first-order valence-corrected chi connectivity index (χ1v) is 12.3. The molecular formula is C11H17ClSeSi. The molecule has 0 saturated carbocycles. The molecule has 0 aliphatic heterocycles. The molecule has 0 spiro atoms. The Balaban J connectivity index is 2.56. The fourth-order valence-electron chi connectivity index (χ4n) is 1.23. The normalized spacial score (nSPS) is 15.1. The molecule has 0 bridgehead atoms. The first-order valence-electron chi connectivity index (χ1n) is 5.05. The maximum absolute atomic E-state index is 6.66. The summed E-state index contributed by atoms with van der Waals surface area (Å²) in [6.07, 6.45) is 2.63. The second kappa shape index (κ2) is 5.97. The van der Waals surface area contributed by atoms with E-state index in [2.05, 4.69) is 43.8 Å². The van der Waals surface area contributed by atoms with Gasteiger partial charge in [-0.15, -0.1) is 0 Å². The first-order chi connectivity index (χ1) is 6.67. The molecule has 1 aromatic rings. The van der Waals surface area contributed by atoms with Gasteiger partial charge in [0.1, 0.15) is 0 Å². The third-order valence-corrected chi connectivity index (χ3v) is 13.4. The van der Waals surface area contributed by atoms with Crippen LogP contribution >= 0.6 is 11.1 Å². The number of benzene rings is 1. The van der Waals surface area contributed by atoms with Crippen molar-refractivity contribution >= 4 is 36.6 Å². The molecule has 1 unspecified atom stereocenters. The van der Waals surface area contributed by atoms with Crippen molar-refractivity contribution in [2.75, 3.05) is 0 Å². The molecule has 1 aromatic carbocycles. The van der Waals surface area contributed by atoms with Crippen LogP contribution in [0.25, 0.3) is 0 Å². The van der Waals surface area contributed by atoms with Crippen LogP contribution in [0.5, 0.6) is 0 Å². The van der Waals surface area contributed by atoms with Crippen LogP contribution in [-0.2, 0) is 0 Å². The molecule has 0 N–H and O–H groups in total. The number of hydrogen-bond acceptors (Lipinski definition) is 0. The average Bonchev–Trinajstić information content (AvgIpc) is 2.19. The van der Waals surface area contributed by atoms with Crippen LogP contribution in [0.15, 0.2) is 30.3 Å². The number of halogens is 1. The Hall–Kier alpha value is 0.246. The number of hydrogen-bond donors (Lipinski definition) is 0. The molecule has 1 rings (SSSR count). The van der Waals surface area contributed by atoms with Gasteiger partial charge in [0.25, 0.3) is 0 Å². The molecule has 0 aliphatic rings. The summed E-state index contributed by atoms with van der Waals surface area (Å²) in [6, 6.07) is 10.6. The first kappa shape index (κ1) is 12.3. The van der Waals surface area contributed by atoms with Gasteiger partial charge in [0, 0.05) is 0 Å². The Bertz CT molecular complexity index is 261. The summed E-state index contributed by atoms with van der Waals surface area (Å²) in [5, 5.41) is 2.74. The molecule has 0 heterocycles. The van der Waals surface area contributed by atoms with Crippen LogP contribution in [0, 0.1) is 0 Å². The van der Waals surface area contributed by atoms with Gasteiger partial charge < -0.3 is 0 Å². The minimum atomic E-state index is -1.58. The Morgan fingerprint density at radius 3 is 2.50 bits per heavy atom. The molecule has 0 fully saturated rings. The van der Waals surface area contributed by atoms with Crippen molar-refractivity contribution < 1.29 is 0 Å². The van der Waals surface area contributed by atoms with E-state index in [0.717, 1.165) is 0 Å². The van der Waals surface area contributed by atoms with Crippen molar-refractivity contribution in [2.24, 2.45) is 0 Å². The average molecular weight is 292 g/mol. The second-order valence-electron chi connectivity index (χ2n) is 3.48. The van der Waals surface area contributed by atoms with Gasteiger partial charge in [0.05, 0.1) is 0 Å². The van der Waals surface area contributed by atoms with Crippen molar-refractivity contribution in [3.8, 4) is 0 Å². The van der Waals surface area contributed by atoms with E-state index in [9.17, 15) is 0 Å². The third-order valence-electron chi connectivity index (χ3n) is 2.16. The van der Waals surface area contributed by atoms with Gasteiger partial charge in [0.15, 0.2) is 0 Å². The Morgan fingerprint density at radius 2 is 1.93 bits per heavy atom. The van der Waals surface area contributed by atoms with E-state index in [1.807, 2.05) is 0 Å². The summed E-state index contributed by atoms with van der Waals surface area (Å²) in [5.74, 6) is -1.58. The van der Waals surface area contributed by atoms with Crippen molar-refractivity contribution in [3.05, 3.63) is 30.3 Å². The molecule has 0 aromatic heterocycles. The van der Waals surface area contributed by atoms with Crippen LogP contribution in [0.1, 0.15) is 19.8 Å². The van der Waals surface area contributed by atoms with Crippen LogP contribution in [0.4, 0.5) is 0 Å². The van der Waals surface area contributed by atoms with E-state index in [-0.39, 0.29) is 0 Å². The van der Waals surface area contributed by atoms with Crippen molar-refractivity contribution in [2.45, 2.75) is 31.6 Å². The van der Waals surface area contributed by atoms with Crippen molar-refractivity contribution in [3.63, 3.8) is 0 Å². The Labute approximate surface area is 98.4 Å². The molecular weight excluding hydrogens is 275 g/mol. The van der Waals surface area contributed by atoms with Gasteiger partial charge in [-0.25, -0.2) is 0 Å². The molecule has 0 amide bonds. The van der Waals surface area contributed by atoms with E-state index in [4.69, 9.17) is 11.1 Å². The van der Waals surface area contributed by atoms with Gasteiger partial charge in [-0.2, -0.15) is 0 Å². The van der Waals surface area contributed by atoms with Gasteiger partial charge in [-0.1, -0.05) is 0 Å². The summed E-state index contributed by atoms with van der Waals surface area (Å²) < 4.78 is 0. The van der Waals surface area contributed by atoms with Gasteiger partial charge in [-0.05, 0) is 0 Å². The zero-order chi connectivity index (χ0) is 10.4.